The molecule has 14 heavy (non-hydrogen) atoms. The van der Waals surface area contributed by atoms with Crippen LogP contribution in [-0.4, -0.2) is 49.8 Å². The third-order valence-corrected chi connectivity index (χ3v) is 3.03. The first-order chi connectivity index (χ1) is 6.76. The molecule has 0 radical (unpaired) electrons. The molecule has 0 spiro atoms. The SMILES string of the molecule is CNCC(C)CN1CCC(CCO)C1. The van der Waals surface area contributed by atoms with Gasteiger partial charge in [-0.25, -0.2) is 0 Å². The molecule has 0 aliphatic carbocycles. The largest absolute Gasteiger partial charge is 0.396 e. The molecule has 3 nitrogen and oxygen atoms in total. The lowest BCUT2D eigenvalue weighted by atomic mass is 10.1. The molecule has 1 saturated heterocycles. The third kappa shape index (κ3) is 3.95. The van der Waals surface area contributed by atoms with E-state index in [1.807, 2.05) is 7.05 Å². The first-order valence-corrected chi connectivity index (χ1v) is 5.74. The van der Waals surface area contributed by atoms with Gasteiger partial charge in [0.05, 0.1) is 0 Å². The maximum absolute atomic E-state index is 8.85. The van der Waals surface area contributed by atoms with E-state index < -0.39 is 0 Å². The van der Waals surface area contributed by atoms with Crippen molar-refractivity contribution < 1.29 is 5.11 Å². The molecule has 2 unspecified atom stereocenters. The zero-order chi connectivity index (χ0) is 10.4. The van der Waals surface area contributed by atoms with Gasteiger partial charge in [0.2, 0.25) is 0 Å². The van der Waals surface area contributed by atoms with Crippen LogP contribution in [0, 0.1) is 11.8 Å². The van der Waals surface area contributed by atoms with E-state index in [0.29, 0.717) is 6.61 Å². The molecule has 0 aromatic heterocycles. The molecule has 1 aliphatic heterocycles. The zero-order valence-corrected chi connectivity index (χ0v) is 9.50. The van der Waals surface area contributed by atoms with Crippen LogP contribution in [0.5, 0.6) is 0 Å². The normalized spacial score (nSPS) is 25.5. The molecule has 3 heteroatoms. The molecule has 0 amide bonds. The molecule has 84 valence electrons. The average molecular weight is 200 g/mol. The van der Waals surface area contributed by atoms with Gasteiger partial charge in [0.1, 0.15) is 0 Å². The minimum atomic E-state index is 0.352. The van der Waals surface area contributed by atoms with Crippen molar-refractivity contribution in [1.82, 2.24) is 10.2 Å². The standard InChI is InChI=1S/C11H24N2O/c1-10(7-12-2)8-13-5-3-11(9-13)4-6-14/h10-12,14H,3-9H2,1-2H3. The fourth-order valence-electron chi connectivity index (χ4n) is 2.35. The lowest BCUT2D eigenvalue weighted by Crippen LogP contribution is -2.31. The van der Waals surface area contributed by atoms with Crippen molar-refractivity contribution in [3.8, 4) is 0 Å². The summed E-state index contributed by atoms with van der Waals surface area (Å²) in [5, 5.41) is 12.1. The second-order valence-electron chi connectivity index (χ2n) is 4.59. The number of likely N-dealkylation sites (tertiary alicyclic amines) is 1. The summed E-state index contributed by atoms with van der Waals surface area (Å²) in [5.74, 6) is 1.47. The molecule has 0 aromatic rings. The van der Waals surface area contributed by atoms with Crippen molar-refractivity contribution in [1.29, 1.82) is 0 Å². The number of rotatable bonds is 6. The van der Waals surface area contributed by atoms with Crippen LogP contribution in [0.1, 0.15) is 19.8 Å². The Labute approximate surface area is 87.5 Å². The second kappa shape index (κ2) is 6.38. The van der Waals surface area contributed by atoms with Crippen LogP contribution in [0.4, 0.5) is 0 Å². The lowest BCUT2D eigenvalue weighted by molar-refractivity contribution is 0.241. The van der Waals surface area contributed by atoms with Gasteiger partial charge >= 0.3 is 0 Å². The first-order valence-electron chi connectivity index (χ1n) is 5.74. The van der Waals surface area contributed by atoms with E-state index in [9.17, 15) is 0 Å². The minimum absolute atomic E-state index is 0.352. The summed E-state index contributed by atoms with van der Waals surface area (Å²) in [6.45, 7) is 7.34. The van der Waals surface area contributed by atoms with Crippen LogP contribution in [0.25, 0.3) is 0 Å². The van der Waals surface area contributed by atoms with Gasteiger partial charge in [0.25, 0.3) is 0 Å². The van der Waals surface area contributed by atoms with Gasteiger partial charge in [-0.2, -0.15) is 0 Å². The van der Waals surface area contributed by atoms with E-state index in [4.69, 9.17) is 5.11 Å². The van der Waals surface area contributed by atoms with Crippen molar-refractivity contribution in [2.24, 2.45) is 11.8 Å². The molecule has 0 bridgehead atoms. The van der Waals surface area contributed by atoms with Crippen LogP contribution in [0.15, 0.2) is 0 Å². The topological polar surface area (TPSA) is 35.5 Å². The quantitative estimate of drug-likeness (QED) is 0.657. The summed E-state index contributed by atoms with van der Waals surface area (Å²) in [5.41, 5.74) is 0. The molecule has 1 heterocycles. The van der Waals surface area contributed by atoms with Crippen molar-refractivity contribution >= 4 is 0 Å². The van der Waals surface area contributed by atoms with Gasteiger partial charge in [-0.1, -0.05) is 6.92 Å². The van der Waals surface area contributed by atoms with Crippen molar-refractivity contribution in [2.75, 3.05) is 39.8 Å². The highest BCUT2D eigenvalue weighted by Crippen LogP contribution is 2.19. The Morgan fingerprint density at radius 2 is 2.36 bits per heavy atom. The van der Waals surface area contributed by atoms with E-state index in [1.54, 1.807) is 0 Å². The van der Waals surface area contributed by atoms with E-state index >= 15 is 0 Å². The Morgan fingerprint density at radius 1 is 1.57 bits per heavy atom. The molecule has 1 fully saturated rings. The Morgan fingerprint density at radius 3 is 3.00 bits per heavy atom. The van der Waals surface area contributed by atoms with Crippen molar-refractivity contribution in [3.05, 3.63) is 0 Å². The van der Waals surface area contributed by atoms with Crippen molar-refractivity contribution in [3.63, 3.8) is 0 Å². The van der Waals surface area contributed by atoms with Gasteiger partial charge < -0.3 is 15.3 Å². The highest BCUT2D eigenvalue weighted by Gasteiger charge is 2.22. The number of hydrogen-bond acceptors (Lipinski definition) is 3. The van der Waals surface area contributed by atoms with Crippen LogP contribution in [0.2, 0.25) is 0 Å². The summed E-state index contributed by atoms with van der Waals surface area (Å²) in [7, 11) is 2.01. The predicted molar refractivity (Wildman–Crippen MR) is 59.3 cm³/mol. The maximum Gasteiger partial charge on any atom is 0.0434 e. The van der Waals surface area contributed by atoms with E-state index in [1.165, 1.54) is 26.1 Å². The average Bonchev–Trinajstić information content (AvgIpc) is 2.53. The van der Waals surface area contributed by atoms with E-state index in [0.717, 1.165) is 24.8 Å². The third-order valence-electron chi connectivity index (χ3n) is 3.03. The smallest absolute Gasteiger partial charge is 0.0434 e. The maximum atomic E-state index is 8.85. The van der Waals surface area contributed by atoms with Gasteiger partial charge in [-0.15, -0.1) is 0 Å². The number of nitrogens with one attached hydrogen (secondary N) is 1. The molecular formula is C11H24N2O. The Hall–Kier alpha value is -0.120. The van der Waals surface area contributed by atoms with Crippen molar-refractivity contribution in [2.45, 2.75) is 19.8 Å². The summed E-state index contributed by atoms with van der Waals surface area (Å²) in [6, 6.07) is 0. The van der Waals surface area contributed by atoms with Gasteiger partial charge in [-0.3, -0.25) is 0 Å². The fraction of sp³-hybridized carbons (Fsp3) is 1.00. The fourth-order valence-corrected chi connectivity index (χ4v) is 2.35. The van der Waals surface area contributed by atoms with Gasteiger partial charge in [0, 0.05) is 19.7 Å². The Kier molecular flexibility index (Phi) is 5.45. The second-order valence-corrected chi connectivity index (χ2v) is 4.59. The van der Waals surface area contributed by atoms with Crippen LogP contribution >= 0.6 is 0 Å². The summed E-state index contributed by atoms with van der Waals surface area (Å²) in [6.07, 6.45) is 2.25. The summed E-state index contributed by atoms with van der Waals surface area (Å²) < 4.78 is 0. The zero-order valence-electron chi connectivity index (χ0n) is 9.50. The van der Waals surface area contributed by atoms with E-state index in [2.05, 4.69) is 17.1 Å². The van der Waals surface area contributed by atoms with Gasteiger partial charge in [0.15, 0.2) is 0 Å². The molecule has 2 N–H and O–H groups in total. The number of nitrogens with zero attached hydrogens (tertiary/aromatic N) is 1. The highest BCUT2D eigenvalue weighted by molar-refractivity contribution is 4.76. The summed E-state index contributed by atoms with van der Waals surface area (Å²) in [4.78, 5) is 2.53. The minimum Gasteiger partial charge on any atom is -0.396 e. The Bertz CT molecular complexity index is 152. The molecule has 2 atom stereocenters. The first kappa shape index (κ1) is 12.0. The van der Waals surface area contributed by atoms with Gasteiger partial charge in [-0.05, 0) is 44.8 Å². The predicted octanol–water partition coefficient (Wildman–Crippen LogP) is 0.546. The van der Waals surface area contributed by atoms with Crippen LogP contribution in [-0.2, 0) is 0 Å². The Balaban J connectivity index is 2.15. The molecule has 0 saturated carbocycles. The number of aliphatic hydroxyl groups is 1. The molecule has 1 aliphatic rings. The number of aliphatic hydroxyl groups excluding tert-OH is 1. The number of hydrogen-bond donors (Lipinski definition) is 2. The highest BCUT2D eigenvalue weighted by atomic mass is 16.3. The van der Waals surface area contributed by atoms with Crippen LogP contribution < -0.4 is 5.32 Å². The summed E-state index contributed by atoms with van der Waals surface area (Å²) >= 11 is 0. The molecule has 0 aromatic carbocycles. The van der Waals surface area contributed by atoms with Crippen LogP contribution in [0.3, 0.4) is 0 Å². The van der Waals surface area contributed by atoms with E-state index in [-0.39, 0.29) is 0 Å². The molecular weight excluding hydrogens is 176 g/mol. The molecule has 1 rings (SSSR count). The monoisotopic (exact) mass is 200 g/mol. The lowest BCUT2D eigenvalue weighted by Gasteiger charge is -2.20.